The Morgan fingerprint density at radius 3 is 2.94 bits per heavy atom. The fourth-order valence-corrected chi connectivity index (χ4v) is 3.01. The Bertz CT molecular complexity index is 384. The molecule has 2 heteroatoms. The molecule has 1 aromatic rings. The second-order valence-corrected chi connectivity index (χ2v) is 5.55. The highest BCUT2D eigenvalue weighted by Gasteiger charge is 2.27. The zero-order chi connectivity index (χ0) is 11.7. The van der Waals surface area contributed by atoms with Crippen LogP contribution in [0.5, 0.6) is 5.75 Å². The summed E-state index contributed by atoms with van der Waals surface area (Å²) in [6.07, 6.45) is 3.85. The van der Waals surface area contributed by atoms with E-state index in [0.717, 1.165) is 37.3 Å². The largest absolute Gasteiger partial charge is 0.493 e. The Morgan fingerprint density at radius 1 is 1.29 bits per heavy atom. The highest BCUT2D eigenvalue weighted by Crippen LogP contribution is 2.33. The summed E-state index contributed by atoms with van der Waals surface area (Å²) in [4.78, 5) is 0. The van der Waals surface area contributed by atoms with Gasteiger partial charge >= 0.3 is 0 Å². The summed E-state index contributed by atoms with van der Waals surface area (Å²) >= 11 is 0. The molecule has 1 aliphatic carbocycles. The molecule has 0 amide bonds. The third-order valence-corrected chi connectivity index (χ3v) is 4.11. The normalized spacial score (nSPS) is 31.2. The van der Waals surface area contributed by atoms with E-state index >= 15 is 0 Å². The summed E-state index contributed by atoms with van der Waals surface area (Å²) in [6, 6.07) is 9.24. The highest BCUT2D eigenvalue weighted by molar-refractivity contribution is 5.37. The summed E-state index contributed by atoms with van der Waals surface area (Å²) in [6.45, 7) is 4.31. The van der Waals surface area contributed by atoms with Gasteiger partial charge in [0.1, 0.15) is 5.75 Å². The summed E-state index contributed by atoms with van der Waals surface area (Å²) in [5.41, 5.74) is 1.39. The monoisotopic (exact) mass is 231 g/mol. The fourth-order valence-electron chi connectivity index (χ4n) is 3.01. The van der Waals surface area contributed by atoms with E-state index < -0.39 is 0 Å². The lowest BCUT2D eigenvalue weighted by Crippen LogP contribution is -2.42. The van der Waals surface area contributed by atoms with E-state index in [0.29, 0.717) is 5.92 Å². The maximum Gasteiger partial charge on any atom is 0.122 e. The quantitative estimate of drug-likeness (QED) is 0.863. The van der Waals surface area contributed by atoms with E-state index in [1.165, 1.54) is 18.4 Å². The number of benzene rings is 1. The van der Waals surface area contributed by atoms with Crippen molar-refractivity contribution >= 4 is 0 Å². The molecular formula is C15H21NO. The van der Waals surface area contributed by atoms with Crippen molar-refractivity contribution < 1.29 is 4.74 Å². The lowest BCUT2D eigenvalue weighted by atomic mass is 9.81. The number of rotatable bonds is 3. The van der Waals surface area contributed by atoms with E-state index in [1.807, 2.05) is 0 Å². The molecule has 1 aliphatic heterocycles. The van der Waals surface area contributed by atoms with Crippen molar-refractivity contribution in [2.75, 3.05) is 13.2 Å². The van der Waals surface area contributed by atoms with Gasteiger partial charge in [-0.1, -0.05) is 25.1 Å². The minimum atomic E-state index is 0.635. The molecule has 0 bridgehead atoms. The summed E-state index contributed by atoms with van der Waals surface area (Å²) in [7, 11) is 0. The van der Waals surface area contributed by atoms with E-state index in [-0.39, 0.29) is 0 Å². The average Bonchev–Trinajstić information content (AvgIpc) is 2.33. The van der Waals surface area contributed by atoms with Crippen molar-refractivity contribution in [2.45, 2.75) is 38.1 Å². The van der Waals surface area contributed by atoms with Crippen LogP contribution in [0.2, 0.25) is 0 Å². The molecule has 0 spiro atoms. The van der Waals surface area contributed by atoms with Gasteiger partial charge in [-0.3, -0.25) is 0 Å². The molecule has 1 fully saturated rings. The summed E-state index contributed by atoms with van der Waals surface area (Å²) in [5.74, 6) is 2.65. The Kier molecular flexibility index (Phi) is 3.06. The van der Waals surface area contributed by atoms with Gasteiger partial charge in [0.05, 0.1) is 6.61 Å². The SMILES string of the molecule is CC1CC(NCC2CCOc3ccccc32)C1. The van der Waals surface area contributed by atoms with Crippen LogP contribution in [0.15, 0.2) is 24.3 Å². The molecule has 1 aromatic carbocycles. The van der Waals surface area contributed by atoms with E-state index in [2.05, 4.69) is 36.5 Å². The van der Waals surface area contributed by atoms with E-state index in [4.69, 9.17) is 4.74 Å². The molecule has 0 aromatic heterocycles. The van der Waals surface area contributed by atoms with Crippen LogP contribution in [0.1, 0.15) is 37.7 Å². The molecule has 1 N–H and O–H groups in total. The van der Waals surface area contributed by atoms with Crippen LogP contribution in [-0.2, 0) is 0 Å². The first-order chi connectivity index (χ1) is 8.33. The third kappa shape index (κ3) is 2.32. The fraction of sp³-hybridized carbons (Fsp3) is 0.600. The van der Waals surface area contributed by atoms with Crippen LogP contribution in [0, 0.1) is 5.92 Å². The smallest absolute Gasteiger partial charge is 0.122 e. The predicted molar refractivity (Wildman–Crippen MR) is 69.5 cm³/mol. The van der Waals surface area contributed by atoms with Crippen molar-refractivity contribution in [1.29, 1.82) is 0 Å². The number of hydrogen-bond acceptors (Lipinski definition) is 2. The number of para-hydroxylation sites is 1. The molecule has 17 heavy (non-hydrogen) atoms. The molecule has 2 aliphatic rings. The van der Waals surface area contributed by atoms with Crippen molar-refractivity contribution in [3.8, 4) is 5.75 Å². The minimum Gasteiger partial charge on any atom is -0.493 e. The van der Waals surface area contributed by atoms with Gasteiger partial charge < -0.3 is 10.1 Å². The maximum atomic E-state index is 5.69. The first-order valence-electron chi connectivity index (χ1n) is 6.78. The van der Waals surface area contributed by atoms with Crippen LogP contribution >= 0.6 is 0 Å². The standard InChI is InChI=1S/C15H21NO/c1-11-8-13(9-11)16-10-12-6-7-17-15-5-3-2-4-14(12)15/h2-5,11-13,16H,6-10H2,1H3. The van der Waals surface area contributed by atoms with Crippen molar-refractivity contribution in [3.05, 3.63) is 29.8 Å². The molecule has 3 rings (SSSR count). The van der Waals surface area contributed by atoms with Crippen molar-refractivity contribution in [3.63, 3.8) is 0 Å². The molecule has 1 saturated carbocycles. The topological polar surface area (TPSA) is 21.3 Å². The number of hydrogen-bond donors (Lipinski definition) is 1. The van der Waals surface area contributed by atoms with Crippen LogP contribution in [0.4, 0.5) is 0 Å². The van der Waals surface area contributed by atoms with Crippen molar-refractivity contribution in [1.82, 2.24) is 5.32 Å². The number of fused-ring (bicyclic) bond motifs is 1. The van der Waals surface area contributed by atoms with E-state index in [1.54, 1.807) is 0 Å². The lowest BCUT2D eigenvalue weighted by molar-refractivity contribution is 0.222. The Hall–Kier alpha value is -1.02. The minimum absolute atomic E-state index is 0.635. The maximum absolute atomic E-state index is 5.69. The average molecular weight is 231 g/mol. The van der Waals surface area contributed by atoms with Gasteiger partial charge in [-0.05, 0) is 36.8 Å². The Balaban J connectivity index is 1.61. The molecule has 2 nitrogen and oxygen atoms in total. The van der Waals surface area contributed by atoms with Gasteiger partial charge in [-0.25, -0.2) is 0 Å². The Labute approximate surface area is 103 Å². The Morgan fingerprint density at radius 2 is 2.12 bits per heavy atom. The zero-order valence-corrected chi connectivity index (χ0v) is 10.5. The van der Waals surface area contributed by atoms with Gasteiger partial charge in [0.2, 0.25) is 0 Å². The number of nitrogens with one attached hydrogen (secondary N) is 1. The van der Waals surface area contributed by atoms with E-state index in [9.17, 15) is 0 Å². The zero-order valence-electron chi connectivity index (χ0n) is 10.5. The predicted octanol–water partition coefficient (Wildman–Crippen LogP) is 2.94. The highest BCUT2D eigenvalue weighted by atomic mass is 16.5. The van der Waals surface area contributed by atoms with Crippen LogP contribution in [-0.4, -0.2) is 19.2 Å². The molecule has 0 radical (unpaired) electrons. The van der Waals surface area contributed by atoms with Gasteiger partial charge in [-0.15, -0.1) is 0 Å². The molecule has 1 heterocycles. The van der Waals surface area contributed by atoms with Gasteiger partial charge in [-0.2, -0.15) is 0 Å². The molecule has 0 saturated heterocycles. The first kappa shape index (κ1) is 11.1. The van der Waals surface area contributed by atoms with Crippen LogP contribution in [0.25, 0.3) is 0 Å². The molecule has 1 atom stereocenters. The number of ether oxygens (including phenoxy) is 1. The third-order valence-electron chi connectivity index (χ3n) is 4.11. The molecule has 1 unspecified atom stereocenters. The van der Waals surface area contributed by atoms with Gasteiger partial charge in [0.15, 0.2) is 0 Å². The van der Waals surface area contributed by atoms with Crippen LogP contribution < -0.4 is 10.1 Å². The summed E-state index contributed by atoms with van der Waals surface area (Å²) in [5, 5.41) is 3.70. The van der Waals surface area contributed by atoms with Crippen LogP contribution in [0.3, 0.4) is 0 Å². The van der Waals surface area contributed by atoms with Gasteiger partial charge in [0, 0.05) is 18.5 Å². The molecular weight excluding hydrogens is 210 g/mol. The lowest BCUT2D eigenvalue weighted by Gasteiger charge is -2.35. The summed E-state index contributed by atoms with van der Waals surface area (Å²) < 4.78 is 5.69. The second kappa shape index (κ2) is 4.69. The molecule has 92 valence electrons. The van der Waals surface area contributed by atoms with Gasteiger partial charge in [0.25, 0.3) is 0 Å². The van der Waals surface area contributed by atoms with Crippen molar-refractivity contribution in [2.24, 2.45) is 5.92 Å². The second-order valence-electron chi connectivity index (χ2n) is 5.55. The first-order valence-corrected chi connectivity index (χ1v) is 6.78.